The number of aromatic amines is 1. The van der Waals surface area contributed by atoms with Crippen molar-refractivity contribution in [3.8, 4) is 5.75 Å². The van der Waals surface area contributed by atoms with Crippen LogP contribution in [0.15, 0.2) is 27.9 Å². The summed E-state index contributed by atoms with van der Waals surface area (Å²) in [6, 6.07) is 3.94. The van der Waals surface area contributed by atoms with Crippen LogP contribution < -0.4 is 15.0 Å². The van der Waals surface area contributed by atoms with Crippen molar-refractivity contribution >= 4 is 37.5 Å². The van der Waals surface area contributed by atoms with Gasteiger partial charge in [-0.15, -0.1) is 11.3 Å². The van der Waals surface area contributed by atoms with Gasteiger partial charge in [0.05, 0.1) is 18.1 Å². The summed E-state index contributed by atoms with van der Waals surface area (Å²) < 4.78 is 37.1. The summed E-state index contributed by atoms with van der Waals surface area (Å²) in [5.74, 6) is -0.466. The van der Waals surface area contributed by atoms with Crippen molar-refractivity contribution in [2.75, 3.05) is 14.2 Å². The molecule has 0 saturated heterocycles. The van der Waals surface area contributed by atoms with Gasteiger partial charge in [0.2, 0.25) is 10.0 Å². The normalized spacial score (nSPS) is 12.7. The van der Waals surface area contributed by atoms with Crippen LogP contribution in [0.25, 0.3) is 10.2 Å². The zero-order valence-corrected chi connectivity index (χ0v) is 18.7. The Morgan fingerprint density at radius 1 is 1.30 bits per heavy atom. The van der Waals surface area contributed by atoms with Gasteiger partial charge in [0.15, 0.2) is 11.9 Å². The van der Waals surface area contributed by atoms with E-state index in [1.54, 1.807) is 6.92 Å². The van der Waals surface area contributed by atoms with Gasteiger partial charge in [-0.3, -0.25) is 4.79 Å². The Kier molecular flexibility index (Phi) is 5.97. The van der Waals surface area contributed by atoms with Crippen LogP contribution in [0.2, 0.25) is 0 Å². The molecule has 0 spiro atoms. The number of hydrogen-bond acceptors (Lipinski definition) is 8. The quantitative estimate of drug-likeness (QED) is 0.551. The monoisotopic (exact) mass is 451 g/mol. The molecule has 0 amide bonds. The highest BCUT2D eigenvalue weighted by atomic mass is 32.2. The van der Waals surface area contributed by atoms with Crippen molar-refractivity contribution in [3.05, 3.63) is 50.4 Å². The molecule has 3 aromatic rings. The van der Waals surface area contributed by atoms with E-state index < -0.39 is 22.1 Å². The summed E-state index contributed by atoms with van der Waals surface area (Å²) in [6.45, 7) is 5.34. The lowest BCUT2D eigenvalue weighted by molar-refractivity contribution is 0.0319. The van der Waals surface area contributed by atoms with Crippen LogP contribution in [0, 0.1) is 13.8 Å². The lowest BCUT2D eigenvalue weighted by Crippen LogP contribution is -2.20. The molecule has 0 fully saturated rings. The lowest BCUT2D eigenvalue weighted by atomic mass is 10.2. The van der Waals surface area contributed by atoms with Crippen molar-refractivity contribution in [1.29, 1.82) is 0 Å². The van der Waals surface area contributed by atoms with Crippen LogP contribution in [0.4, 0.5) is 0 Å². The number of carbonyl (C=O) groups excluding carboxylic acids is 1. The van der Waals surface area contributed by atoms with Gasteiger partial charge in [-0.1, -0.05) is 0 Å². The van der Waals surface area contributed by atoms with E-state index in [1.807, 2.05) is 13.8 Å². The summed E-state index contributed by atoms with van der Waals surface area (Å²) in [6.07, 6.45) is -0.858. The first-order valence-corrected chi connectivity index (χ1v) is 11.2. The number of ether oxygens (including phenoxy) is 2. The maximum Gasteiger partial charge on any atom is 0.338 e. The molecule has 0 radical (unpaired) electrons. The topological polar surface area (TPSA) is 127 Å². The fourth-order valence-electron chi connectivity index (χ4n) is 2.87. The van der Waals surface area contributed by atoms with Gasteiger partial charge in [-0.05, 0) is 51.6 Å². The van der Waals surface area contributed by atoms with Crippen LogP contribution >= 0.6 is 11.3 Å². The molecule has 0 aliphatic rings. The number of esters is 1. The van der Waals surface area contributed by atoms with Gasteiger partial charge in [0.25, 0.3) is 5.56 Å². The first-order valence-electron chi connectivity index (χ1n) is 8.91. The molecule has 0 saturated carbocycles. The molecule has 1 atom stereocenters. The van der Waals surface area contributed by atoms with Gasteiger partial charge >= 0.3 is 5.97 Å². The maximum atomic E-state index is 12.6. The second-order valence-electron chi connectivity index (χ2n) is 6.54. The van der Waals surface area contributed by atoms with E-state index in [-0.39, 0.29) is 27.6 Å². The van der Waals surface area contributed by atoms with E-state index >= 15 is 0 Å². The van der Waals surface area contributed by atoms with Crippen LogP contribution in [-0.4, -0.2) is 38.5 Å². The molecular formula is C19H21N3O6S2. The number of hydrogen-bond donors (Lipinski definition) is 2. The average Bonchev–Trinajstić information content (AvgIpc) is 3.01. The largest absolute Gasteiger partial charge is 0.495 e. The first kappa shape index (κ1) is 21.9. The number of sulfonamides is 1. The van der Waals surface area contributed by atoms with Gasteiger partial charge in [0.1, 0.15) is 15.5 Å². The Balaban J connectivity index is 1.92. The predicted octanol–water partition coefficient (Wildman–Crippen LogP) is 2.44. The molecule has 0 aliphatic carbocycles. The number of rotatable bonds is 6. The van der Waals surface area contributed by atoms with E-state index in [9.17, 15) is 18.0 Å². The highest BCUT2D eigenvalue weighted by molar-refractivity contribution is 7.89. The average molecular weight is 452 g/mol. The number of methoxy groups -OCH3 is 1. The second-order valence-corrected chi connectivity index (χ2v) is 9.59. The number of fused-ring (bicyclic) bond motifs is 1. The minimum absolute atomic E-state index is 0.0164. The maximum absolute atomic E-state index is 12.6. The lowest BCUT2D eigenvalue weighted by Gasteiger charge is -2.14. The Labute approximate surface area is 177 Å². The van der Waals surface area contributed by atoms with Crippen LogP contribution in [0.3, 0.4) is 0 Å². The summed E-state index contributed by atoms with van der Waals surface area (Å²) in [4.78, 5) is 33.5. The Morgan fingerprint density at radius 2 is 2.00 bits per heavy atom. The summed E-state index contributed by atoms with van der Waals surface area (Å²) in [5.41, 5.74) is 0.589. The molecule has 9 nitrogen and oxygen atoms in total. The molecule has 2 heterocycles. The summed E-state index contributed by atoms with van der Waals surface area (Å²) >= 11 is 1.39. The van der Waals surface area contributed by atoms with Crippen LogP contribution in [0.5, 0.6) is 5.75 Å². The third kappa shape index (κ3) is 3.95. The van der Waals surface area contributed by atoms with E-state index in [1.165, 1.54) is 43.7 Å². The molecule has 3 rings (SSSR count). The fourth-order valence-corrected chi connectivity index (χ4v) is 4.83. The summed E-state index contributed by atoms with van der Waals surface area (Å²) in [7, 11) is -1.26. The van der Waals surface area contributed by atoms with Crippen molar-refractivity contribution < 1.29 is 22.7 Å². The van der Waals surface area contributed by atoms with Crippen molar-refractivity contribution in [2.24, 2.45) is 0 Å². The number of aryl methyl sites for hydroxylation is 2. The molecule has 1 aromatic carbocycles. The first-order chi connectivity index (χ1) is 14.1. The van der Waals surface area contributed by atoms with Gasteiger partial charge < -0.3 is 14.5 Å². The third-order valence-corrected chi connectivity index (χ3v) is 7.22. The zero-order valence-electron chi connectivity index (χ0n) is 17.0. The standard InChI is InChI=1S/C19H21N3O6S2/c1-9-11(3)29-18-15(9)17(23)21-16(22-18)10(2)28-19(24)12-6-7-13(27-5)14(8-12)30(25,26)20-4/h6-8,10,20H,1-5H3,(H,21,22,23). The van der Waals surface area contributed by atoms with Crippen LogP contribution in [-0.2, 0) is 14.8 Å². The predicted molar refractivity (Wildman–Crippen MR) is 113 cm³/mol. The number of H-pyrrole nitrogens is 1. The fraction of sp³-hybridized carbons (Fsp3) is 0.316. The number of aromatic nitrogens is 2. The number of nitrogens with one attached hydrogen (secondary N) is 2. The minimum Gasteiger partial charge on any atom is -0.495 e. The summed E-state index contributed by atoms with van der Waals surface area (Å²) in [5, 5.41) is 0.525. The minimum atomic E-state index is -3.85. The number of benzene rings is 1. The molecule has 160 valence electrons. The second kappa shape index (κ2) is 8.17. The number of thiophene rings is 1. The molecule has 11 heteroatoms. The molecule has 2 N–H and O–H groups in total. The molecular weight excluding hydrogens is 430 g/mol. The SMILES string of the molecule is CNS(=O)(=O)c1cc(C(=O)OC(C)c2nc3sc(C)c(C)c3c(=O)[nH]2)ccc1OC. The molecule has 0 aliphatic heterocycles. The number of carbonyl (C=O) groups is 1. The van der Waals surface area contributed by atoms with E-state index in [0.717, 1.165) is 10.4 Å². The Morgan fingerprint density at radius 3 is 2.63 bits per heavy atom. The van der Waals surface area contributed by atoms with Crippen molar-refractivity contribution in [2.45, 2.75) is 31.8 Å². The molecule has 1 unspecified atom stereocenters. The van der Waals surface area contributed by atoms with Gasteiger partial charge in [-0.25, -0.2) is 22.9 Å². The van der Waals surface area contributed by atoms with Gasteiger partial charge in [-0.2, -0.15) is 0 Å². The van der Waals surface area contributed by atoms with E-state index in [2.05, 4.69) is 14.7 Å². The van der Waals surface area contributed by atoms with Gasteiger partial charge in [0, 0.05) is 4.88 Å². The molecule has 30 heavy (non-hydrogen) atoms. The third-order valence-electron chi connectivity index (χ3n) is 4.68. The number of nitrogens with zero attached hydrogens (tertiary/aromatic N) is 1. The van der Waals surface area contributed by atoms with Crippen LogP contribution in [0.1, 0.15) is 39.7 Å². The molecule has 2 aromatic heterocycles. The highest BCUT2D eigenvalue weighted by Crippen LogP contribution is 2.28. The smallest absolute Gasteiger partial charge is 0.338 e. The molecule has 0 bridgehead atoms. The van der Waals surface area contributed by atoms with E-state index in [4.69, 9.17) is 9.47 Å². The Bertz CT molecular complexity index is 1290. The van der Waals surface area contributed by atoms with Crippen molar-refractivity contribution in [1.82, 2.24) is 14.7 Å². The van der Waals surface area contributed by atoms with Crippen molar-refractivity contribution in [3.63, 3.8) is 0 Å². The highest BCUT2D eigenvalue weighted by Gasteiger charge is 2.23. The van der Waals surface area contributed by atoms with E-state index in [0.29, 0.717) is 10.2 Å². The zero-order chi connectivity index (χ0) is 22.2. The Hall–Kier alpha value is -2.76.